The van der Waals surface area contributed by atoms with Gasteiger partial charge >= 0.3 is 0 Å². The summed E-state index contributed by atoms with van der Waals surface area (Å²) in [7, 11) is 0. The first-order chi connectivity index (χ1) is 15.0. The Bertz CT molecular complexity index is 890. The zero-order chi connectivity index (χ0) is 21.6. The molecule has 2 atom stereocenters. The summed E-state index contributed by atoms with van der Waals surface area (Å²) in [6.45, 7) is 3.31. The monoisotopic (exact) mass is 427 g/mol. The largest absolute Gasteiger partial charge is 0.342 e. The third-order valence-corrected chi connectivity index (χ3v) is 7.84. The molecule has 6 nitrogen and oxygen atoms in total. The maximum Gasteiger partial charge on any atom is 0.228 e. The third kappa shape index (κ3) is 3.72. The van der Waals surface area contributed by atoms with Crippen LogP contribution in [-0.2, 0) is 14.4 Å². The molecule has 4 fully saturated rings. The quantitative estimate of drug-likeness (QED) is 0.745. The zero-order valence-corrected chi connectivity index (χ0v) is 17.9. The van der Waals surface area contributed by atoms with Gasteiger partial charge in [-0.15, -0.1) is 0 Å². The Balaban J connectivity index is 1.16. The number of anilines is 1. The molecular formula is C24H30FN3O3. The number of carbonyl (C=O) groups excluding carboxylic acids is 3. The van der Waals surface area contributed by atoms with Gasteiger partial charge in [-0.25, -0.2) is 4.39 Å². The van der Waals surface area contributed by atoms with Gasteiger partial charge in [0.1, 0.15) is 5.82 Å². The number of para-hydroxylation sites is 1. The van der Waals surface area contributed by atoms with Crippen molar-refractivity contribution in [3.05, 3.63) is 30.1 Å². The van der Waals surface area contributed by atoms with Gasteiger partial charge in [0.05, 0.1) is 11.6 Å². The Kier molecular flexibility index (Phi) is 5.22. The van der Waals surface area contributed by atoms with Crippen LogP contribution in [0.4, 0.5) is 10.1 Å². The van der Waals surface area contributed by atoms with E-state index in [1.807, 2.05) is 9.80 Å². The van der Waals surface area contributed by atoms with Gasteiger partial charge in [-0.05, 0) is 56.1 Å². The number of rotatable bonds is 3. The van der Waals surface area contributed by atoms with Gasteiger partial charge in [0.25, 0.3) is 0 Å². The molecule has 0 radical (unpaired) electrons. The van der Waals surface area contributed by atoms with Crippen molar-refractivity contribution in [3.63, 3.8) is 0 Å². The van der Waals surface area contributed by atoms with Crippen molar-refractivity contribution in [2.75, 3.05) is 37.6 Å². The van der Waals surface area contributed by atoms with Crippen molar-refractivity contribution in [1.82, 2.24) is 9.80 Å². The average molecular weight is 428 g/mol. The predicted molar refractivity (Wildman–Crippen MR) is 114 cm³/mol. The van der Waals surface area contributed by atoms with Crippen LogP contribution in [0.15, 0.2) is 24.3 Å². The molecule has 1 aromatic carbocycles. The van der Waals surface area contributed by atoms with Crippen molar-refractivity contribution in [2.45, 2.75) is 44.9 Å². The van der Waals surface area contributed by atoms with E-state index < -0.39 is 11.7 Å². The van der Waals surface area contributed by atoms with Crippen LogP contribution < -0.4 is 4.90 Å². The third-order valence-electron chi connectivity index (χ3n) is 7.84. The molecule has 3 saturated heterocycles. The molecule has 166 valence electrons. The molecule has 1 aromatic rings. The second kappa shape index (κ2) is 7.92. The standard InChI is InChI=1S/C24H30FN3O3/c25-19-6-2-3-7-20(19)28-16-17(14-21(28)29)22(30)27-12-8-24(9-13-27)15-18(24)23(31)26-10-4-1-5-11-26/h2-3,6-7,17-18H,1,4-5,8-16H2. The molecule has 3 amide bonds. The van der Waals surface area contributed by atoms with E-state index in [1.165, 1.54) is 17.4 Å². The number of carbonyl (C=O) groups is 3. The fourth-order valence-corrected chi connectivity index (χ4v) is 5.79. The topological polar surface area (TPSA) is 60.9 Å². The van der Waals surface area contributed by atoms with E-state index in [0.29, 0.717) is 19.0 Å². The number of piperidine rings is 2. The summed E-state index contributed by atoms with van der Waals surface area (Å²) in [6, 6.07) is 6.20. The molecule has 0 N–H and O–H groups in total. The fourth-order valence-electron chi connectivity index (χ4n) is 5.79. The number of halogens is 1. The molecule has 0 bridgehead atoms. The van der Waals surface area contributed by atoms with Crippen molar-refractivity contribution < 1.29 is 18.8 Å². The van der Waals surface area contributed by atoms with Gasteiger partial charge in [0, 0.05) is 45.1 Å². The number of benzene rings is 1. The smallest absolute Gasteiger partial charge is 0.228 e. The van der Waals surface area contributed by atoms with Crippen LogP contribution in [-0.4, -0.2) is 60.2 Å². The fraction of sp³-hybridized carbons (Fsp3) is 0.625. The highest BCUT2D eigenvalue weighted by molar-refractivity contribution is 6.00. The minimum atomic E-state index is -0.443. The van der Waals surface area contributed by atoms with Gasteiger partial charge in [-0.3, -0.25) is 14.4 Å². The highest BCUT2D eigenvalue weighted by atomic mass is 19.1. The summed E-state index contributed by atoms with van der Waals surface area (Å²) >= 11 is 0. The van der Waals surface area contributed by atoms with Crippen molar-refractivity contribution in [1.29, 1.82) is 0 Å². The van der Waals surface area contributed by atoms with Gasteiger partial charge in [0.2, 0.25) is 17.7 Å². The van der Waals surface area contributed by atoms with E-state index in [1.54, 1.807) is 18.2 Å². The van der Waals surface area contributed by atoms with Crippen LogP contribution in [0.25, 0.3) is 0 Å². The molecule has 3 aliphatic heterocycles. The first kappa shape index (κ1) is 20.5. The molecule has 0 aromatic heterocycles. The molecule has 5 rings (SSSR count). The van der Waals surface area contributed by atoms with Gasteiger partial charge in [0.15, 0.2) is 0 Å². The first-order valence-corrected chi connectivity index (χ1v) is 11.6. The van der Waals surface area contributed by atoms with Crippen LogP contribution in [0.1, 0.15) is 44.9 Å². The average Bonchev–Trinajstić information content (AvgIpc) is 3.35. The number of hydrogen-bond acceptors (Lipinski definition) is 3. The van der Waals surface area contributed by atoms with Crippen molar-refractivity contribution in [2.24, 2.45) is 17.3 Å². The summed E-state index contributed by atoms with van der Waals surface area (Å²) in [5.74, 6) is -0.630. The molecule has 7 heteroatoms. The second-order valence-corrected chi connectivity index (χ2v) is 9.69. The Morgan fingerprint density at radius 1 is 0.935 bits per heavy atom. The van der Waals surface area contributed by atoms with Crippen LogP contribution in [0.2, 0.25) is 0 Å². The summed E-state index contributed by atoms with van der Waals surface area (Å²) < 4.78 is 14.1. The van der Waals surface area contributed by atoms with Crippen LogP contribution >= 0.6 is 0 Å². The van der Waals surface area contributed by atoms with E-state index in [4.69, 9.17) is 0 Å². The van der Waals surface area contributed by atoms with Crippen LogP contribution in [0.5, 0.6) is 0 Å². The molecular weight excluding hydrogens is 397 g/mol. The maximum atomic E-state index is 14.1. The number of amides is 3. The lowest BCUT2D eigenvalue weighted by atomic mass is 9.89. The van der Waals surface area contributed by atoms with Crippen LogP contribution in [0.3, 0.4) is 0 Å². The number of likely N-dealkylation sites (tertiary alicyclic amines) is 2. The lowest BCUT2D eigenvalue weighted by molar-refractivity contribution is -0.138. The van der Waals surface area contributed by atoms with Gasteiger partial charge < -0.3 is 14.7 Å². The van der Waals surface area contributed by atoms with E-state index in [-0.39, 0.29) is 41.8 Å². The van der Waals surface area contributed by atoms with E-state index in [9.17, 15) is 18.8 Å². The molecule has 3 heterocycles. The van der Waals surface area contributed by atoms with Crippen LogP contribution in [0, 0.1) is 23.1 Å². The van der Waals surface area contributed by atoms with E-state index in [0.717, 1.165) is 45.2 Å². The minimum absolute atomic E-state index is 0.0124. The highest BCUT2D eigenvalue weighted by Crippen LogP contribution is 2.60. The SMILES string of the molecule is O=C(C1CC(=O)N(c2ccccc2F)C1)N1CCC2(CC1)CC2C(=O)N1CCCCC1. The van der Waals surface area contributed by atoms with E-state index in [2.05, 4.69) is 0 Å². The Hall–Kier alpha value is -2.44. The zero-order valence-electron chi connectivity index (χ0n) is 17.9. The maximum absolute atomic E-state index is 14.1. The summed E-state index contributed by atoms with van der Waals surface area (Å²) in [6.07, 6.45) is 6.24. The number of hydrogen-bond donors (Lipinski definition) is 0. The molecule has 1 spiro atoms. The Morgan fingerprint density at radius 3 is 2.32 bits per heavy atom. The molecule has 4 aliphatic rings. The Labute approximate surface area is 182 Å². The summed E-state index contributed by atoms with van der Waals surface area (Å²) in [5, 5.41) is 0. The molecule has 1 saturated carbocycles. The Morgan fingerprint density at radius 2 is 1.61 bits per heavy atom. The van der Waals surface area contributed by atoms with Gasteiger partial charge in [-0.1, -0.05) is 12.1 Å². The highest BCUT2D eigenvalue weighted by Gasteiger charge is 2.59. The van der Waals surface area contributed by atoms with E-state index >= 15 is 0 Å². The normalized spacial score (nSPS) is 27.6. The lowest BCUT2D eigenvalue weighted by Gasteiger charge is -2.35. The summed E-state index contributed by atoms with van der Waals surface area (Å²) in [4.78, 5) is 43.7. The lowest BCUT2D eigenvalue weighted by Crippen LogP contribution is -2.44. The molecule has 1 aliphatic carbocycles. The number of nitrogens with zero attached hydrogens (tertiary/aromatic N) is 3. The first-order valence-electron chi connectivity index (χ1n) is 11.6. The summed E-state index contributed by atoms with van der Waals surface area (Å²) in [5.41, 5.74) is 0.327. The van der Waals surface area contributed by atoms with Gasteiger partial charge in [-0.2, -0.15) is 0 Å². The molecule has 2 unspecified atom stereocenters. The van der Waals surface area contributed by atoms with Crippen molar-refractivity contribution >= 4 is 23.4 Å². The predicted octanol–water partition coefficient (Wildman–Crippen LogP) is 2.82. The van der Waals surface area contributed by atoms with Crippen molar-refractivity contribution in [3.8, 4) is 0 Å². The second-order valence-electron chi connectivity index (χ2n) is 9.69. The minimum Gasteiger partial charge on any atom is -0.342 e. The molecule has 31 heavy (non-hydrogen) atoms.